The highest BCUT2D eigenvalue weighted by Crippen LogP contribution is 2.33. The molecule has 1 aliphatic carbocycles. The van der Waals surface area contributed by atoms with E-state index in [9.17, 15) is 9.59 Å². The van der Waals surface area contributed by atoms with Crippen LogP contribution >= 0.6 is 11.3 Å². The van der Waals surface area contributed by atoms with Gasteiger partial charge in [-0.15, -0.1) is 17.9 Å². The van der Waals surface area contributed by atoms with Gasteiger partial charge < -0.3 is 19.3 Å². The molecule has 0 bridgehead atoms. The van der Waals surface area contributed by atoms with Crippen LogP contribution in [0.5, 0.6) is 11.5 Å². The van der Waals surface area contributed by atoms with Crippen molar-refractivity contribution < 1.29 is 19.1 Å². The van der Waals surface area contributed by atoms with E-state index in [1.54, 1.807) is 22.3 Å². The van der Waals surface area contributed by atoms with Crippen molar-refractivity contribution in [1.29, 1.82) is 0 Å². The maximum atomic E-state index is 13.5. The normalized spacial score (nSPS) is 15.0. The number of ether oxygens (including phenoxy) is 2. The Bertz CT molecular complexity index is 980. The summed E-state index contributed by atoms with van der Waals surface area (Å²) in [4.78, 5) is 31.1. The van der Waals surface area contributed by atoms with E-state index in [1.807, 2.05) is 28.5 Å². The monoisotopic (exact) mass is 454 g/mol. The molecule has 1 aliphatic heterocycles. The Labute approximate surface area is 193 Å². The van der Waals surface area contributed by atoms with Gasteiger partial charge >= 0.3 is 0 Å². The Morgan fingerprint density at radius 2 is 1.91 bits per heavy atom. The first-order valence-corrected chi connectivity index (χ1v) is 12.0. The minimum Gasteiger partial charge on any atom is -0.454 e. The molecule has 0 unspecified atom stereocenters. The lowest BCUT2D eigenvalue weighted by atomic mass is 10.1. The maximum absolute atomic E-state index is 13.5. The molecule has 0 spiro atoms. The lowest BCUT2D eigenvalue weighted by Crippen LogP contribution is -2.44. The average Bonchev–Trinajstić information content (AvgIpc) is 3.55. The van der Waals surface area contributed by atoms with E-state index in [-0.39, 0.29) is 31.1 Å². The van der Waals surface area contributed by atoms with Crippen molar-refractivity contribution >= 4 is 23.2 Å². The van der Waals surface area contributed by atoms with E-state index in [1.165, 1.54) is 5.56 Å². The third kappa shape index (κ3) is 5.15. The first-order valence-electron chi connectivity index (χ1n) is 11.1. The van der Waals surface area contributed by atoms with E-state index >= 15 is 0 Å². The highest BCUT2D eigenvalue weighted by Gasteiger charge is 2.29. The summed E-state index contributed by atoms with van der Waals surface area (Å²) in [6.07, 6.45) is 5.69. The van der Waals surface area contributed by atoms with Crippen LogP contribution in [0.3, 0.4) is 0 Å². The van der Waals surface area contributed by atoms with E-state index < -0.39 is 0 Å². The number of hydrogen-bond acceptors (Lipinski definition) is 5. The van der Waals surface area contributed by atoms with Gasteiger partial charge in [-0.1, -0.05) is 25.0 Å². The molecule has 2 aliphatic rings. The fourth-order valence-corrected chi connectivity index (χ4v) is 5.23. The molecule has 6 nitrogen and oxygen atoms in total. The smallest absolute Gasteiger partial charge is 0.242 e. The van der Waals surface area contributed by atoms with Gasteiger partial charge in [-0.2, -0.15) is 0 Å². The van der Waals surface area contributed by atoms with Gasteiger partial charge in [0.25, 0.3) is 0 Å². The summed E-state index contributed by atoms with van der Waals surface area (Å²) < 4.78 is 10.9. The minimum absolute atomic E-state index is 0.0320. The number of amides is 2. The van der Waals surface area contributed by atoms with Gasteiger partial charge in [-0.05, 0) is 54.5 Å². The molecule has 2 heterocycles. The Morgan fingerprint density at radius 1 is 1.12 bits per heavy atom. The number of thiophene rings is 1. The number of nitrogens with zero attached hydrogens (tertiary/aromatic N) is 2. The number of aryl methyl sites for hydroxylation is 1. The van der Waals surface area contributed by atoms with Crippen LogP contribution in [0.1, 0.15) is 41.7 Å². The van der Waals surface area contributed by atoms with Crippen molar-refractivity contribution in [3.63, 3.8) is 0 Å². The fraction of sp³-hybridized carbons (Fsp3) is 0.440. The summed E-state index contributed by atoms with van der Waals surface area (Å²) >= 11 is 1.65. The van der Waals surface area contributed by atoms with Crippen molar-refractivity contribution in [2.45, 2.75) is 45.7 Å². The average molecular weight is 455 g/mol. The fourth-order valence-electron chi connectivity index (χ4n) is 4.31. The standard InChI is InChI=1S/C25H30N2O4S/c1-3-11-26(25(29)20-6-4-5-7-20)16-24(28)27(15-23-18(2)10-12-32-23)14-19-8-9-21-22(13-19)31-17-30-21/h3,8-10,12-13,20H,1,4-7,11,14-17H2,2H3. The Kier molecular flexibility index (Phi) is 7.15. The van der Waals surface area contributed by atoms with Gasteiger partial charge in [-0.3, -0.25) is 9.59 Å². The summed E-state index contributed by atoms with van der Waals surface area (Å²) in [6, 6.07) is 7.83. The lowest BCUT2D eigenvalue weighted by molar-refractivity contribution is -0.143. The van der Waals surface area contributed by atoms with Crippen molar-refractivity contribution in [3.8, 4) is 11.5 Å². The summed E-state index contributed by atoms with van der Waals surface area (Å²) in [7, 11) is 0. The number of hydrogen-bond donors (Lipinski definition) is 0. The summed E-state index contributed by atoms with van der Waals surface area (Å²) in [6.45, 7) is 7.47. The van der Waals surface area contributed by atoms with Crippen LogP contribution in [-0.4, -0.2) is 41.5 Å². The molecular weight excluding hydrogens is 424 g/mol. The number of fused-ring (bicyclic) bond motifs is 1. The van der Waals surface area contributed by atoms with Crippen molar-refractivity contribution in [2.24, 2.45) is 5.92 Å². The Balaban J connectivity index is 1.52. The molecule has 1 saturated carbocycles. The van der Waals surface area contributed by atoms with Gasteiger partial charge in [-0.25, -0.2) is 0 Å². The molecule has 4 rings (SSSR count). The number of carbonyl (C=O) groups excluding carboxylic acids is 2. The molecule has 0 atom stereocenters. The number of carbonyl (C=O) groups is 2. The molecule has 1 aromatic carbocycles. The molecule has 2 aromatic rings. The summed E-state index contributed by atoms with van der Waals surface area (Å²) in [5, 5.41) is 2.04. The molecule has 1 fully saturated rings. The quantitative estimate of drug-likeness (QED) is 0.523. The van der Waals surface area contributed by atoms with Crippen LogP contribution < -0.4 is 9.47 Å². The van der Waals surface area contributed by atoms with Gasteiger partial charge in [0.1, 0.15) is 6.54 Å². The molecule has 7 heteroatoms. The first-order chi connectivity index (χ1) is 15.5. The second-order valence-corrected chi connectivity index (χ2v) is 9.45. The van der Waals surface area contributed by atoms with Crippen LogP contribution in [-0.2, 0) is 22.7 Å². The van der Waals surface area contributed by atoms with Crippen LogP contribution in [0, 0.1) is 12.8 Å². The van der Waals surface area contributed by atoms with Gasteiger partial charge in [0.2, 0.25) is 18.6 Å². The van der Waals surface area contributed by atoms with E-state index in [0.717, 1.165) is 41.9 Å². The van der Waals surface area contributed by atoms with Crippen LogP contribution in [0.4, 0.5) is 0 Å². The predicted octanol–water partition coefficient (Wildman–Crippen LogP) is 4.52. The zero-order chi connectivity index (χ0) is 22.5. The largest absolute Gasteiger partial charge is 0.454 e. The topological polar surface area (TPSA) is 59.1 Å². The summed E-state index contributed by atoms with van der Waals surface area (Å²) in [5.74, 6) is 1.46. The Morgan fingerprint density at radius 3 is 2.62 bits per heavy atom. The van der Waals surface area contributed by atoms with Crippen LogP contribution in [0.15, 0.2) is 42.3 Å². The van der Waals surface area contributed by atoms with Gasteiger partial charge in [0, 0.05) is 23.9 Å². The molecule has 0 N–H and O–H groups in total. The van der Waals surface area contributed by atoms with Crippen molar-refractivity contribution in [3.05, 3.63) is 58.3 Å². The van der Waals surface area contributed by atoms with Crippen molar-refractivity contribution in [1.82, 2.24) is 9.80 Å². The van der Waals surface area contributed by atoms with E-state index in [4.69, 9.17) is 9.47 Å². The molecule has 0 saturated heterocycles. The molecule has 32 heavy (non-hydrogen) atoms. The third-order valence-electron chi connectivity index (χ3n) is 6.16. The van der Waals surface area contributed by atoms with Crippen LogP contribution in [0.2, 0.25) is 0 Å². The third-order valence-corrected chi connectivity index (χ3v) is 7.17. The highest BCUT2D eigenvalue weighted by atomic mass is 32.1. The molecule has 2 amide bonds. The van der Waals surface area contributed by atoms with Gasteiger partial charge in [0.05, 0.1) is 6.54 Å². The van der Waals surface area contributed by atoms with Crippen molar-refractivity contribution in [2.75, 3.05) is 19.9 Å². The number of rotatable bonds is 9. The molecule has 1 aromatic heterocycles. The second-order valence-electron chi connectivity index (χ2n) is 8.45. The van der Waals surface area contributed by atoms with Crippen LogP contribution in [0.25, 0.3) is 0 Å². The zero-order valence-corrected chi connectivity index (χ0v) is 19.4. The Hall–Kier alpha value is -2.80. The van der Waals surface area contributed by atoms with Gasteiger partial charge in [0.15, 0.2) is 11.5 Å². The minimum atomic E-state index is -0.0661. The van der Waals surface area contributed by atoms with E-state index in [2.05, 4.69) is 19.6 Å². The van der Waals surface area contributed by atoms with E-state index in [0.29, 0.717) is 25.4 Å². The SMILES string of the molecule is C=CCN(CC(=O)N(Cc1ccc2c(c1)OCO2)Cc1sccc1C)C(=O)C1CCCC1. The first kappa shape index (κ1) is 22.4. The molecule has 170 valence electrons. The molecular formula is C25H30N2O4S. The highest BCUT2D eigenvalue weighted by molar-refractivity contribution is 7.10. The second kappa shape index (κ2) is 10.2. The number of benzene rings is 1. The zero-order valence-electron chi connectivity index (χ0n) is 18.5. The summed E-state index contributed by atoms with van der Waals surface area (Å²) in [5.41, 5.74) is 2.14. The molecule has 0 radical (unpaired) electrons. The lowest BCUT2D eigenvalue weighted by Gasteiger charge is -2.28. The maximum Gasteiger partial charge on any atom is 0.242 e. The predicted molar refractivity (Wildman–Crippen MR) is 125 cm³/mol.